The van der Waals surface area contributed by atoms with Crippen LogP contribution in [0, 0.1) is 5.82 Å². The first-order valence-electron chi connectivity index (χ1n) is 4.17. The molecule has 1 aromatic carbocycles. The van der Waals surface area contributed by atoms with Gasteiger partial charge in [-0.3, -0.25) is 0 Å². The maximum atomic E-state index is 13.5. The van der Waals surface area contributed by atoms with Crippen molar-refractivity contribution < 1.29 is 4.39 Å². The van der Waals surface area contributed by atoms with Crippen LogP contribution in [0.4, 0.5) is 10.1 Å². The Labute approximate surface area is 80.9 Å². The number of halogens is 2. The van der Waals surface area contributed by atoms with E-state index in [-0.39, 0.29) is 16.9 Å². The van der Waals surface area contributed by atoms with Gasteiger partial charge < -0.3 is 11.1 Å². The summed E-state index contributed by atoms with van der Waals surface area (Å²) in [5.74, 6) is -0.390. The molecule has 0 radical (unpaired) electrons. The molecule has 1 aliphatic heterocycles. The van der Waals surface area contributed by atoms with Crippen molar-refractivity contribution in [1.29, 1.82) is 0 Å². The second kappa shape index (κ2) is 3.16. The normalized spacial score (nSPS) is 20.7. The molecule has 1 heterocycles. The largest absolute Gasteiger partial charge is 0.385 e. The SMILES string of the molecule is NC1CCNc2ccc(Cl)c(F)c21. The van der Waals surface area contributed by atoms with Crippen LogP contribution < -0.4 is 11.1 Å². The van der Waals surface area contributed by atoms with E-state index in [1.54, 1.807) is 12.1 Å². The fourth-order valence-electron chi connectivity index (χ4n) is 1.59. The zero-order chi connectivity index (χ0) is 9.42. The van der Waals surface area contributed by atoms with E-state index in [0.717, 1.165) is 18.7 Å². The van der Waals surface area contributed by atoms with Crippen LogP contribution in [0.2, 0.25) is 5.02 Å². The van der Waals surface area contributed by atoms with E-state index in [9.17, 15) is 4.39 Å². The van der Waals surface area contributed by atoms with Gasteiger partial charge in [0.05, 0.1) is 5.02 Å². The number of rotatable bonds is 0. The van der Waals surface area contributed by atoms with E-state index in [4.69, 9.17) is 17.3 Å². The van der Waals surface area contributed by atoms with Crippen LogP contribution in [0.25, 0.3) is 0 Å². The Kier molecular flexibility index (Phi) is 2.14. The van der Waals surface area contributed by atoms with Gasteiger partial charge in [-0.15, -0.1) is 0 Å². The van der Waals surface area contributed by atoms with Crippen molar-refractivity contribution in [2.75, 3.05) is 11.9 Å². The fraction of sp³-hybridized carbons (Fsp3) is 0.333. The lowest BCUT2D eigenvalue weighted by Crippen LogP contribution is -2.23. The molecular formula is C9H10ClFN2. The van der Waals surface area contributed by atoms with Gasteiger partial charge in [0.25, 0.3) is 0 Å². The lowest BCUT2D eigenvalue weighted by Gasteiger charge is -2.24. The Morgan fingerprint density at radius 3 is 3.08 bits per heavy atom. The minimum Gasteiger partial charge on any atom is -0.385 e. The summed E-state index contributed by atoms with van der Waals surface area (Å²) >= 11 is 5.65. The van der Waals surface area contributed by atoms with Crippen molar-refractivity contribution in [3.63, 3.8) is 0 Å². The fourth-order valence-corrected chi connectivity index (χ4v) is 1.75. The summed E-state index contributed by atoms with van der Waals surface area (Å²) in [5, 5.41) is 3.22. The minimum atomic E-state index is -0.390. The Morgan fingerprint density at radius 1 is 1.54 bits per heavy atom. The molecule has 1 unspecified atom stereocenters. The molecule has 1 aromatic rings. The molecule has 2 rings (SSSR count). The zero-order valence-corrected chi connectivity index (χ0v) is 7.74. The average molecular weight is 201 g/mol. The maximum Gasteiger partial charge on any atom is 0.148 e. The van der Waals surface area contributed by atoms with Crippen LogP contribution in [0.3, 0.4) is 0 Å². The highest BCUT2D eigenvalue weighted by molar-refractivity contribution is 6.30. The average Bonchev–Trinajstić information content (AvgIpc) is 2.12. The molecule has 0 saturated heterocycles. The van der Waals surface area contributed by atoms with Crippen LogP contribution in [0.1, 0.15) is 18.0 Å². The van der Waals surface area contributed by atoms with Crippen LogP contribution >= 0.6 is 11.6 Å². The molecule has 0 aromatic heterocycles. The Bertz CT molecular complexity index is 341. The van der Waals surface area contributed by atoms with Gasteiger partial charge in [-0.2, -0.15) is 0 Å². The van der Waals surface area contributed by atoms with E-state index in [2.05, 4.69) is 5.32 Å². The van der Waals surface area contributed by atoms with E-state index in [1.807, 2.05) is 0 Å². The molecule has 0 spiro atoms. The van der Waals surface area contributed by atoms with E-state index in [0.29, 0.717) is 5.56 Å². The number of hydrogen-bond acceptors (Lipinski definition) is 2. The van der Waals surface area contributed by atoms with Gasteiger partial charge in [-0.25, -0.2) is 4.39 Å². The summed E-state index contributed by atoms with van der Waals surface area (Å²) in [7, 11) is 0. The molecule has 0 saturated carbocycles. The van der Waals surface area contributed by atoms with Gasteiger partial charge in [0.1, 0.15) is 5.82 Å². The third-order valence-corrected chi connectivity index (χ3v) is 2.57. The van der Waals surface area contributed by atoms with E-state index >= 15 is 0 Å². The minimum absolute atomic E-state index is 0.137. The van der Waals surface area contributed by atoms with Crippen LogP contribution in [0.5, 0.6) is 0 Å². The number of nitrogens with one attached hydrogen (secondary N) is 1. The monoisotopic (exact) mass is 200 g/mol. The lowest BCUT2D eigenvalue weighted by molar-refractivity contribution is 0.562. The third kappa shape index (κ3) is 1.38. The van der Waals surface area contributed by atoms with Gasteiger partial charge in [0.2, 0.25) is 0 Å². The summed E-state index contributed by atoms with van der Waals surface area (Å²) in [4.78, 5) is 0. The van der Waals surface area contributed by atoms with Crippen molar-refractivity contribution in [3.05, 3.63) is 28.5 Å². The summed E-state index contributed by atoms with van der Waals surface area (Å²) < 4.78 is 13.5. The standard InChI is InChI=1S/C9H10ClFN2/c10-5-1-2-7-8(9(5)11)6(12)3-4-13-7/h1-2,6,13H,3-4,12H2. The molecule has 1 aliphatic rings. The zero-order valence-electron chi connectivity index (χ0n) is 6.98. The van der Waals surface area contributed by atoms with Gasteiger partial charge >= 0.3 is 0 Å². The second-order valence-corrected chi connectivity index (χ2v) is 3.55. The Hall–Kier alpha value is -0.800. The summed E-state index contributed by atoms with van der Waals surface area (Å²) in [6, 6.07) is 3.07. The lowest BCUT2D eigenvalue weighted by atomic mass is 9.98. The van der Waals surface area contributed by atoms with Crippen molar-refractivity contribution in [2.45, 2.75) is 12.5 Å². The first-order valence-corrected chi connectivity index (χ1v) is 4.55. The van der Waals surface area contributed by atoms with Crippen LogP contribution in [-0.2, 0) is 0 Å². The van der Waals surface area contributed by atoms with Crippen LogP contribution in [0.15, 0.2) is 12.1 Å². The quantitative estimate of drug-likeness (QED) is 0.675. The van der Waals surface area contributed by atoms with Crippen molar-refractivity contribution in [2.24, 2.45) is 5.73 Å². The number of anilines is 1. The molecule has 2 nitrogen and oxygen atoms in total. The van der Waals surface area contributed by atoms with Crippen molar-refractivity contribution in [3.8, 4) is 0 Å². The summed E-state index contributed by atoms with van der Waals surface area (Å²) in [6.45, 7) is 0.787. The molecule has 1 atom stereocenters. The van der Waals surface area contributed by atoms with E-state index in [1.165, 1.54) is 0 Å². The van der Waals surface area contributed by atoms with Gasteiger partial charge in [-0.05, 0) is 18.6 Å². The summed E-state index contributed by atoms with van der Waals surface area (Å²) in [6.07, 6.45) is 0.740. The highest BCUT2D eigenvalue weighted by Crippen LogP contribution is 2.33. The summed E-state index contributed by atoms with van der Waals surface area (Å²) in [5.41, 5.74) is 7.05. The molecule has 3 N–H and O–H groups in total. The molecule has 0 amide bonds. The predicted octanol–water partition coefficient (Wildman–Crippen LogP) is 2.29. The molecule has 13 heavy (non-hydrogen) atoms. The smallest absolute Gasteiger partial charge is 0.148 e. The highest BCUT2D eigenvalue weighted by atomic mass is 35.5. The van der Waals surface area contributed by atoms with Crippen LogP contribution in [-0.4, -0.2) is 6.54 Å². The van der Waals surface area contributed by atoms with Gasteiger partial charge in [0.15, 0.2) is 0 Å². The third-order valence-electron chi connectivity index (χ3n) is 2.27. The van der Waals surface area contributed by atoms with Crippen molar-refractivity contribution in [1.82, 2.24) is 0 Å². The molecule has 0 aliphatic carbocycles. The second-order valence-electron chi connectivity index (χ2n) is 3.14. The maximum absolute atomic E-state index is 13.5. The molecule has 4 heteroatoms. The topological polar surface area (TPSA) is 38.0 Å². The number of benzene rings is 1. The molecule has 0 fully saturated rings. The number of hydrogen-bond donors (Lipinski definition) is 2. The van der Waals surface area contributed by atoms with E-state index < -0.39 is 0 Å². The van der Waals surface area contributed by atoms with Crippen molar-refractivity contribution >= 4 is 17.3 Å². The first-order chi connectivity index (χ1) is 6.20. The predicted molar refractivity (Wildman–Crippen MR) is 51.4 cm³/mol. The van der Waals surface area contributed by atoms with Gasteiger partial charge in [-0.1, -0.05) is 11.6 Å². The number of nitrogens with two attached hydrogens (primary N) is 1. The molecule has 0 bridgehead atoms. The first kappa shape index (κ1) is 8.78. The molecule has 70 valence electrons. The molecular weight excluding hydrogens is 191 g/mol. The highest BCUT2D eigenvalue weighted by Gasteiger charge is 2.21. The Morgan fingerprint density at radius 2 is 2.31 bits per heavy atom. The Balaban J connectivity index is 2.58. The van der Waals surface area contributed by atoms with Gasteiger partial charge in [0, 0.05) is 23.8 Å². The number of fused-ring (bicyclic) bond motifs is 1.